The summed E-state index contributed by atoms with van der Waals surface area (Å²) >= 11 is 1.72. The van der Waals surface area contributed by atoms with Gasteiger partial charge in [0.2, 0.25) is 10.0 Å². The predicted molar refractivity (Wildman–Crippen MR) is 118 cm³/mol. The maximum Gasteiger partial charge on any atom is 0.251 e. The third kappa shape index (κ3) is 6.85. The van der Waals surface area contributed by atoms with Crippen LogP contribution >= 0.6 is 11.8 Å². The topological polar surface area (TPSA) is 69.7 Å². The van der Waals surface area contributed by atoms with E-state index in [1.807, 2.05) is 42.5 Å². The van der Waals surface area contributed by atoms with E-state index in [9.17, 15) is 13.2 Å². The Kier molecular flexibility index (Phi) is 7.71. The monoisotopic (exact) mass is 433 g/mol. The minimum Gasteiger partial charge on any atom is -0.351 e. The van der Waals surface area contributed by atoms with Crippen LogP contribution < -0.4 is 5.32 Å². The van der Waals surface area contributed by atoms with E-state index < -0.39 is 10.0 Å². The normalized spacial score (nSPS) is 15.9. The van der Waals surface area contributed by atoms with E-state index in [0.717, 1.165) is 11.3 Å². The summed E-state index contributed by atoms with van der Waals surface area (Å²) in [5.41, 5.74) is 1.71. The third-order valence-electron chi connectivity index (χ3n) is 4.80. The highest BCUT2D eigenvalue weighted by Crippen LogP contribution is 2.16. The first kappa shape index (κ1) is 21.8. The lowest BCUT2D eigenvalue weighted by Gasteiger charge is -2.33. The van der Waals surface area contributed by atoms with E-state index in [-0.39, 0.29) is 5.91 Å². The van der Waals surface area contributed by atoms with E-state index in [1.54, 1.807) is 11.8 Å². The van der Waals surface area contributed by atoms with E-state index in [2.05, 4.69) is 22.3 Å². The highest BCUT2D eigenvalue weighted by Gasteiger charge is 2.23. The zero-order valence-electron chi connectivity index (χ0n) is 16.6. The number of nitrogens with one attached hydrogen (secondary N) is 1. The molecule has 3 rings (SSSR count). The van der Waals surface area contributed by atoms with Gasteiger partial charge in [-0.3, -0.25) is 9.69 Å². The van der Waals surface area contributed by atoms with Crippen LogP contribution in [-0.2, 0) is 16.6 Å². The molecule has 1 amide bonds. The molecule has 1 aliphatic heterocycles. The molecule has 2 aromatic carbocycles. The summed E-state index contributed by atoms with van der Waals surface area (Å²) in [5, 5.41) is 2.98. The Morgan fingerprint density at radius 3 is 2.45 bits per heavy atom. The minimum atomic E-state index is -3.12. The molecular formula is C21H27N3O3S2. The number of rotatable bonds is 8. The smallest absolute Gasteiger partial charge is 0.251 e. The van der Waals surface area contributed by atoms with Gasteiger partial charge in [0.05, 0.1) is 6.26 Å². The van der Waals surface area contributed by atoms with Crippen molar-refractivity contribution in [3.05, 3.63) is 65.7 Å². The SMILES string of the molecule is CS(=O)(=O)N1CCN(Cc2cccc(C(=O)NCCSc3ccccc3)c2)CC1. The molecule has 2 aromatic rings. The van der Waals surface area contributed by atoms with Gasteiger partial charge in [0.1, 0.15) is 0 Å². The van der Waals surface area contributed by atoms with Crippen LogP contribution in [0.4, 0.5) is 0 Å². The van der Waals surface area contributed by atoms with E-state index in [4.69, 9.17) is 0 Å². The molecule has 0 aliphatic carbocycles. The fraction of sp³-hybridized carbons (Fsp3) is 0.381. The van der Waals surface area contributed by atoms with Gasteiger partial charge in [-0.1, -0.05) is 30.3 Å². The van der Waals surface area contributed by atoms with Crippen LogP contribution in [-0.4, -0.2) is 68.3 Å². The summed E-state index contributed by atoms with van der Waals surface area (Å²) < 4.78 is 24.8. The lowest BCUT2D eigenvalue weighted by Crippen LogP contribution is -2.47. The number of carbonyl (C=O) groups excluding carboxylic acids is 1. The van der Waals surface area contributed by atoms with Crippen LogP contribution in [0.1, 0.15) is 15.9 Å². The lowest BCUT2D eigenvalue weighted by atomic mass is 10.1. The predicted octanol–water partition coefficient (Wildman–Crippen LogP) is 2.29. The molecule has 0 bridgehead atoms. The number of thioether (sulfide) groups is 1. The van der Waals surface area contributed by atoms with Gasteiger partial charge < -0.3 is 5.32 Å². The van der Waals surface area contributed by atoms with Crippen molar-refractivity contribution in [2.45, 2.75) is 11.4 Å². The molecule has 0 saturated carbocycles. The van der Waals surface area contributed by atoms with E-state index in [1.165, 1.54) is 15.5 Å². The number of hydrogen-bond acceptors (Lipinski definition) is 5. The van der Waals surface area contributed by atoms with Gasteiger partial charge in [-0.05, 0) is 29.8 Å². The number of sulfonamides is 1. The van der Waals surface area contributed by atoms with Crippen molar-refractivity contribution in [3.8, 4) is 0 Å². The van der Waals surface area contributed by atoms with Crippen molar-refractivity contribution in [2.75, 3.05) is 44.7 Å². The highest BCUT2D eigenvalue weighted by molar-refractivity contribution is 7.99. The van der Waals surface area contributed by atoms with Gasteiger partial charge in [0, 0.05) is 55.5 Å². The Hall–Kier alpha value is -1.87. The maximum atomic E-state index is 12.4. The van der Waals surface area contributed by atoms with Crippen LogP contribution in [0.3, 0.4) is 0 Å². The average Bonchev–Trinajstić information content (AvgIpc) is 2.72. The lowest BCUT2D eigenvalue weighted by molar-refractivity contribution is 0.0956. The second kappa shape index (κ2) is 10.2. The quantitative estimate of drug-likeness (QED) is 0.511. The largest absolute Gasteiger partial charge is 0.351 e. The molecule has 0 spiro atoms. The molecule has 29 heavy (non-hydrogen) atoms. The zero-order chi connectivity index (χ0) is 20.7. The van der Waals surface area contributed by atoms with E-state index >= 15 is 0 Å². The van der Waals surface area contributed by atoms with E-state index in [0.29, 0.717) is 44.8 Å². The van der Waals surface area contributed by atoms with Crippen LogP contribution in [0.5, 0.6) is 0 Å². The van der Waals surface area contributed by atoms with Crippen molar-refractivity contribution in [2.24, 2.45) is 0 Å². The second-order valence-electron chi connectivity index (χ2n) is 7.06. The number of piperazine rings is 1. The number of hydrogen-bond donors (Lipinski definition) is 1. The fourth-order valence-electron chi connectivity index (χ4n) is 3.24. The summed E-state index contributed by atoms with van der Waals surface area (Å²) in [4.78, 5) is 15.9. The van der Waals surface area contributed by atoms with Crippen LogP contribution in [0.15, 0.2) is 59.5 Å². The number of carbonyl (C=O) groups is 1. The van der Waals surface area contributed by atoms with Crippen LogP contribution in [0, 0.1) is 0 Å². The Balaban J connectivity index is 1.46. The second-order valence-corrected chi connectivity index (χ2v) is 10.2. The fourth-order valence-corrected chi connectivity index (χ4v) is 4.86. The van der Waals surface area contributed by atoms with Gasteiger partial charge in [0.25, 0.3) is 5.91 Å². The molecule has 8 heteroatoms. The summed E-state index contributed by atoms with van der Waals surface area (Å²) in [6, 6.07) is 17.8. The molecule has 1 N–H and O–H groups in total. The summed E-state index contributed by atoms with van der Waals surface area (Å²) in [6.45, 7) is 3.73. The molecule has 1 aliphatic rings. The number of amides is 1. The summed E-state index contributed by atoms with van der Waals surface area (Å²) in [6.07, 6.45) is 1.25. The molecular weight excluding hydrogens is 406 g/mol. The first-order chi connectivity index (χ1) is 13.9. The summed E-state index contributed by atoms with van der Waals surface area (Å²) in [5.74, 6) is 0.752. The molecule has 1 fully saturated rings. The Morgan fingerprint density at radius 2 is 1.76 bits per heavy atom. The Labute approximate surface area is 177 Å². The molecule has 156 valence electrons. The highest BCUT2D eigenvalue weighted by atomic mass is 32.2. The first-order valence-electron chi connectivity index (χ1n) is 9.64. The van der Waals surface area contributed by atoms with Crippen molar-refractivity contribution in [1.82, 2.24) is 14.5 Å². The molecule has 6 nitrogen and oxygen atoms in total. The number of nitrogens with zero attached hydrogens (tertiary/aromatic N) is 2. The first-order valence-corrected chi connectivity index (χ1v) is 12.5. The Bertz CT molecular complexity index is 912. The minimum absolute atomic E-state index is 0.0672. The van der Waals surface area contributed by atoms with Gasteiger partial charge in [-0.2, -0.15) is 4.31 Å². The van der Waals surface area contributed by atoms with Gasteiger partial charge in [0.15, 0.2) is 0 Å². The molecule has 1 heterocycles. The molecule has 0 atom stereocenters. The van der Waals surface area contributed by atoms with Gasteiger partial charge >= 0.3 is 0 Å². The van der Waals surface area contributed by atoms with Gasteiger partial charge in [-0.15, -0.1) is 11.8 Å². The van der Waals surface area contributed by atoms with Crippen molar-refractivity contribution < 1.29 is 13.2 Å². The molecule has 0 aromatic heterocycles. The maximum absolute atomic E-state index is 12.4. The van der Waals surface area contributed by atoms with Crippen LogP contribution in [0.25, 0.3) is 0 Å². The van der Waals surface area contributed by atoms with Crippen molar-refractivity contribution in [3.63, 3.8) is 0 Å². The molecule has 1 saturated heterocycles. The zero-order valence-corrected chi connectivity index (χ0v) is 18.2. The molecule has 0 radical (unpaired) electrons. The van der Waals surface area contributed by atoms with Crippen LogP contribution in [0.2, 0.25) is 0 Å². The molecule has 0 unspecified atom stereocenters. The summed E-state index contributed by atoms with van der Waals surface area (Å²) in [7, 11) is -3.12. The third-order valence-corrected chi connectivity index (χ3v) is 7.11. The van der Waals surface area contributed by atoms with Crippen molar-refractivity contribution >= 4 is 27.7 Å². The number of benzene rings is 2. The van der Waals surface area contributed by atoms with Gasteiger partial charge in [-0.25, -0.2) is 8.42 Å². The average molecular weight is 434 g/mol. The standard InChI is InChI=1S/C21H27N3O3S2/c1-29(26,27)24-13-11-23(12-14-24)17-18-6-5-7-19(16-18)21(25)22-10-15-28-20-8-3-2-4-9-20/h2-9,16H,10-15,17H2,1H3,(H,22,25). The Morgan fingerprint density at radius 1 is 1.03 bits per heavy atom. The van der Waals surface area contributed by atoms with Crippen molar-refractivity contribution in [1.29, 1.82) is 0 Å².